The van der Waals surface area contributed by atoms with E-state index < -0.39 is 23.6 Å². The number of nitrogens with one attached hydrogen (secondary N) is 3. The summed E-state index contributed by atoms with van der Waals surface area (Å²) in [4.78, 5) is 37.0. The highest BCUT2D eigenvalue weighted by Crippen LogP contribution is 2.34. The van der Waals surface area contributed by atoms with Crippen LogP contribution >= 0.6 is 11.8 Å². The molecule has 1 aliphatic rings. The fourth-order valence-electron chi connectivity index (χ4n) is 6.13. The lowest BCUT2D eigenvalue weighted by Gasteiger charge is -2.22. The molecule has 0 aromatic carbocycles. The topological polar surface area (TPSA) is 137 Å². The summed E-state index contributed by atoms with van der Waals surface area (Å²) < 4.78 is 6.01. The van der Waals surface area contributed by atoms with Gasteiger partial charge in [0.1, 0.15) is 6.04 Å². The maximum atomic E-state index is 12.8. The number of unbranched alkanes of at least 4 members (excludes halogenated alkanes) is 21. The van der Waals surface area contributed by atoms with Gasteiger partial charge in [-0.15, -0.1) is 0 Å². The molecule has 288 valence electrons. The molecular weight excluding hydrogens is 639 g/mol. The molecule has 1 rings (SSSR count). The molecule has 1 saturated carbocycles. The van der Waals surface area contributed by atoms with Gasteiger partial charge in [0.2, 0.25) is 11.8 Å². The van der Waals surface area contributed by atoms with Crippen LogP contribution in [-0.4, -0.2) is 77.1 Å². The summed E-state index contributed by atoms with van der Waals surface area (Å²) in [7, 11) is 0. The van der Waals surface area contributed by atoms with E-state index in [1.807, 2.05) is 0 Å². The van der Waals surface area contributed by atoms with Gasteiger partial charge in [-0.05, 0) is 25.7 Å². The molecule has 0 bridgehead atoms. The smallest absolute Gasteiger partial charge is 0.405 e. The highest BCUT2D eigenvalue weighted by Gasteiger charge is 2.44. The van der Waals surface area contributed by atoms with Crippen molar-refractivity contribution in [2.24, 2.45) is 0 Å². The Bertz CT molecular complexity index is 829. The van der Waals surface area contributed by atoms with Gasteiger partial charge in [0.15, 0.2) is 0 Å². The van der Waals surface area contributed by atoms with Crippen LogP contribution in [0.4, 0.5) is 4.79 Å². The maximum absolute atomic E-state index is 12.8. The summed E-state index contributed by atoms with van der Waals surface area (Å²) in [6, 6.07) is -1.16. The highest BCUT2D eigenvalue weighted by molar-refractivity contribution is 7.99. The molecule has 9 nitrogen and oxygen atoms in total. The first-order valence-electron chi connectivity index (χ1n) is 20.2. The van der Waals surface area contributed by atoms with Gasteiger partial charge < -0.3 is 30.9 Å². The fraction of sp³-hybridized carbons (Fsp3) is 0.923. The van der Waals surface area contributed by atoms with Crippen LogP contribution < -0.4 is 16.0 Å². The molecule has 1 fully saturated rings. The lowest BCUT2D eigenvalue weighted by molar-refractivity contribution is -0.124. The third-order valence-electron chi connectivity index (χ3n) is 9.60. The van der Waals surface area contributed by atoms with Crippen LogP contribution in [0.1, 0.15) is 181 Å². The second-order valence-electron chi connectivity index (χ2n) is 14.5. The van der Waals surface area contributed by atoms with E-state index in [0.717, 1.165) is 25.7 Å². The van der Waals surface area contributed by atoms with E-state index in [0.29, 0.717) is 38.2 Å². The average Bonchev–Trinajstić information content (AvgIpc) is 3.86. The third kappa shape index (κ3) is 26.9. The van der Waals surface area contributed by atoms with Crippen LogP contribution in [0.5, 0.6) is 0 Å². The second kappa shape index (κ2) is 31.2. The molecular formula is C39H75N3O6S. The van der Waals surface area contributed by atoms with Crippen molar-refractivity contribution in [1.82, 2.24) is 16.0 Å². The molecule has 3 amide bonds. The monoisotopic (exact) mass is 714 g/mol. The summed E-state index contributed by atoms with van der Waals surface area (Å²) in [5, 5.41) is 27.1. The minimum absolute atomic E-state index is 0.0187. The first-order valence-corrected chi connectivity index (χ1v) is 21.4. The van der Waals surface area contributed by atoms with Gasteiger partial charge in [-0.2, -0.15) is 11.8 Å². The number of carbonyl (C=O) groups is 3. The number of aliphatic hydroxyl groups is 1. The van der Waals surface area contributed by atoms with Crippen molar-refractivity contribution in [2.75, 3.05) is 31.3 Å². The van der Waals surface area contributed by atoms with Crippen molar-refractivity contribution in [2.45, 2.75) is 198 Å². The Morgan fingerprint density at radius 2 is 1.14 bits per heavy atom. The molecule has 10 heteroatoms. The molecule has 0 aromatic rings. The molecule has 0 aromatic heterocycles. The highest BCUT2D eigenvalue weighted by atomic mass is 32.2. The predicted molar refractivity (Wildman–Crippen MR) is 204 cm³/mol. The van der Waals surface area contributed by atoms with Gasteiger partial charge in [-0.3, -0.25) is 9.59 Å². The van der Waals surface area contributed by atoms with E-state index in [2.05, 4.69) is 29.8 Å². The second-order valence-corrected chi connectivity index (χ2v) is 15.6. The first kappa shape index (κ1) is 45.5. The van der Waals surface area contributed by atoms with Crippen LogP contribution in [0.15, 0.2) is 0 Å². The quantitative estimate of drug-likeness (QED) is 0.0409. The van der Waals surface area contributed by atoms with Gasteiger partial charge in [0.25, 0.3) is 0 Å². The van der Waals surface area contributed by atoms with Crippen molar-refractivity contribution >= 4 is 29.7 Å². The Morgan fingerprint density at radius 1 is 0.673 bits per heavy atom. The van der Waals surface area contributed by atoms with Gasteiger partial charge in [-0.1, -0.05) is 149 Å². The van der Waals surface area contributed by atoms with E-state index in [9.17, 15) is 24.6 Å². The number of hydrogen-bond donors (Lipinski definition) is 5. The molecule has 2 atom stereocenters. The largest absolute Gasteiger partial charge is 0.465 e. The number of aliphatic hydroxyl groups excluding tert-OH is 1. The summed E-state index contributed by atoms with van der Waals surface area (Å²) in [6.45, 7) is 5.39. The zero-order valence-corrected chi connectivity index (χ0v) is 32.3. The number of rotatable bonds is 36. The van der Waals surface area contributed by atoms with Crippen LogP contribution in [0.2, 0.25) is 0 Å². The van der Waals surface area contributed by atoms with E-state index in [-0.39, 0.29) is 24.3 Å². The van der Waals surface area contributed by atoms with E-state index >= 15 is 0 Å². The van der Waals surface area contributed by atoms with Gasteiger partial charge in [0.05, 0.1) is 24.8 Å². The zero-order valence-electron chi connectivity index (χ0n) is 31.5. The molecule has 0 heterocycles. The number of hydrogen-bond acceptors (Lipinski definition) is 6. The molecule has 0 unspecified atom stereocenters. The molecule has 5 N–H and O–H groups in total. The van der Waals surface area contributed by atoms with Crippen molar-refractivity contribution in [3.05, 3.63) is 0 Å². The Labute approximate surface area is 304 Å². The molecule has 1 aliphatic carbocycles. The Kier molecular flexibility index (Phi) is 29.0. The lowest BCUT2D eigenvalue weighted by atomic mass is 10.0. The minimum Gasteiger partial charge on any atom is -0.465 e. The van der Waals surface area contributed by atoms with E-state index in [4.69, 9.17) is 4.74 Å². The number of amides is 3. The zero-order chi connectivity index (χ0) is 35.8. The SMILES string of the molecule is CCCCCCCCCCCCCCCCOC[C@H](CSC[C@H](NC(=O)O)C(=O)NC1(CO)CC1)NC(=O)CCCCCCCCCCC. The van der Waals surface area contributed by atoms with Gasteiger partial charge >= 0.3 is 6.09 Å². The predicted octanol–water partition coefficient (Wildman–Crippen LogP) is 8.90. The molecule has 0 saturated heterocycles. The Morgan fingerprint density at radius 3 is 1.59 bits per heavy atom. The maximum Gasteiger partial charge on any atom is 0.405 e. The number of thioether (sulfide) groups is 1. The summed E-state index contributed by atoms with van der Waals surface area (Å²) >= 11 is 1.42. The molecule has 0 aliphatic heterocycles. The number of carbonyl (C=O) groups excluding carboxylic acids is 2. The molecule has 49 heavy (non-hydrogen) atoms. The van der Waals surface area contributed by atoms with Crippen molar-refractivity contribution in [3.8, 4) is 0 Å². The standard InChI is InChI=1S/C39H75N3O6S/c1-3-5-7-9-11-13-14-15-16-17-19-21-23-25-29-48-30-34(40-36(44)26-24-22-20-18-12-10-8-6-4-2)31-49-32-35(41-38(46)47)37(45)42-39(33-43)27-28-39/h34-35,41,43H,3-33H2,1-2H3,(H,40,44)(H,42,45)(H,46,47)/t34-,35+/m1/s1. The van der Waals surface area contributed by atoms with E-state index in [1.165, 1.54) is 134 Å². The van der Waals surface area contributed by atoms with Gasteiger partial charge in [-0.25, -0.2) is 4.79 Å². The normalized spacial score (nSPS) is 14.7. The fourth-order valence-corrected chi connectivity index (χ4v) is 7.20. The average molecular weight is 714 g/mol. The summed E-state index contributed by atoms with van der Waals surface area (Å²) in [6.07, 6.45) is 29.7. The van der Waals surface area contributed by atoms with Crippen LogP contribution in [0.25, 0.3) is 0 Å². The van der Waals surface area contributed by atoms with Crippen molar-refractivity contribution in [1.29, 1.82) is 0 Å². The number of ether oxygens (including phenoxy) is 1. The van der Waals surface area contributed by atoms with E-state index in [1.54, 1.807) is 0 Å². The van der Waals surface area contributed by atoms with Crippen molar-refractivity contribution in [3.63, 3.8) is 0 Å². The first-order chi connectivity index (χ1) is 23.9. The Balaban J connectivity index is 2.36. The Hall–Kier alpha value is -1.52. The van der Waals surface area contributed by atoms with Gasteiger partial charge in [0, 0.05) is 24.5 Å². The van der Waals surface area contributed by atoms with Crippen LogP contribution in [-0.2, 0) is 14.3 Å². The molecule has 0 radical (unpaired) electrons. The van der Waals surface area contributed by atoms with Crippen LogP contribution in [0, 0.1) is 0 Å². The number of carboxylic acid groups (broad SMARTS) is 1. The van der Waals surface area contributed by atoms with Crippen molar-refractivity contribution < 1.29 is 29.3 Å². The molecule has 0 spiro atoms. The summed E-state index contributed by atoms with van der Waals surface area (Å²) in [5.41, 5.74) is -0.618. The minimum atomic E-state index is -1.27. The lowest BCUT2D eigenvalue weighted by Crippen LogP contribution is -2.52. The third-order valence-corrected chi connectivity index (χ3v) is 10.8. The summed E-state index contributed by atoms with van der Waals surface area (Å²) in [5.74, 6) is 0.327. The van der Waals surface area contributed by atoms with Crippen LogP contribution in [0.3, 0.4) is 0 Å².